The molecule has 0 aliphatic carbocycles. The van der Waals surface area contributed by atoms with Gasteiger partial charge in [0.25, 0.3) is 5.91 Å². The van der Waals surface area contributed by atoms with Gasteiger partial charge in [0.2, 0.25) is 0 Å². The van der Waals surface area contributed by atoms with E-state index in [2.05, 4.69) is 30.3 Å². The lowest BCUT2D eigenvalue weighted by Gasteiger charge is -2.15. The molecule has 5 aromatic carbocycles. The topological polar surface area (TPSA) is 50.5 Å². The van der Waals surface area contributed by atoms with Crippen LogP contribution in [0.1, 0.15) is 5.56 Å². The summed E-state index contributed by atoms with van der Waals surface area (Å²) in [6, 6.07) is 50.1. The molecular formula is C37H26N4OS. The van der Waals surface area contributed by atoms with Gasteiger partial charge in [0.1, 0.15) is 0 Å². The lowest BCUT2D eigenvalue weighted by atomic mass is 10.1. The third-order valence-electron chi connectivity index (χ3n) is 7.09. The van der Waals surface area contributed by atoms with Gasteiger partial charge in [-0.25, -0.2) is 9.67 Å². The molecule has 1 aliphatic heterocycles. The molecule has 6 heteroatoms. The fourth-order valence-electron chi connectivity index (χ4n) is 4.97. The molecule has 5 nitrogen and oxygen atoms in total. The largest absolute Gasteiger partial charge is 0.271 e. The van der Waals surface area contributed by atoms with Gasteiger partial charge < -0.3 is 0 Å². The number of carbonyl (C=O) groups excluding carboxylic acids is 1. The zero-order chi connectivity index (χ0) is 29.0. The van der Waals surface area contributed by atoms with Crippen molar-refractivity contribution < 1.29 is 4.79 Å². The fraction of sp³-hybridized carbons (Fsp3) is 0. The second-order valence-electron chi connectivity index (χ2n) is 9.97. The minimum Gasteiger partial charge on any atom is -0.268 e. The molecule has 0 radical (unpaired) electrons. The van der Waals surface area contributed by atoms with Crippen LogP contribution in [-0.2, 0) is 4.79 Å². The van der Waals surface area contributed by atoms with Crippen LogP contribution in [0.15, 0.2) is 162 Å². The molecule has 0 unspecified atom stereocenters. The molecule has 1 saturated heterocycles. The minimum absolute atomic E-state index is 0.0964. The van der Waals surface area contributed by atoms with E-state index in [1.54, 1.807) is 4.90 Å². The fourth-order valence-corrected chi connectivity index (χ4v) is 5.97. The first kappa shape index (κ1) is 26.4. The highest BCUT2D eigenvalue weighted by Gasteiger charge is 2.34. The number of aliphatic imine (C=N–C) groups is 1. The Morgan fingerprint density at radius 3 is 1.86 bits per heavy atom. The summed E-state index contributed by atoms with van der Waals surface area (Å²) in [6.07, 6.45) is 1.93. The molecule has 1 aromatic heterocycles. The number of para-hydroxylation sites is 2. The van der Waals surface area contributed by atoms with Crippen molar-refractivity contribution in [2.75, 3.05) is 4.90 Å². The summed E-state index contributed by atoms with van der Waals surface area (Å²) in [4.78, 5) is 20.8. The number of hydrogen-bond donors (Lipinski definition) is 0. The smallest absolute Gasteiger partial charge is 0.268 e. The second kappa shape index (κ2) is 11.8. The van der Waals surface area contributed by atoms with Crippen molar-refractivity contribution in [2.24, 2.45) is 4.99 Å². The zero-order valence-corrected chi connectivity index (χ0v) is 23.9. The molecule has 2 heterocycles. The van der Waals surface area contributed by atoms with E-state index in [9.17, 15) is 4.79 Å². The number of amides is 1. The first-order chi connectivity index (χ1) is 21.2. The van der Waals surface area contributed by atoms with Crippen molar-refractivity contribution in [2.45, 2.75) is 0 Å². The van der Waals surface area contributed by atoms with Crippen molar-refractivity contribution >= 4 is 40.3 Å². The van der Waals surface area contributed by atoms with Crippen molar-refractivity contribution in [1.82, 2.24) is 9.78 Å². The third-order valence-corrected chi connectivity index (χ3v) is 8.05. The van der Waals surface area contributed by atoms with Gasteiger partial charge in [-0.2, -0.15) is 5.10 Å². The Kier molecular flexibility index (Phi) is 7.26. The summed E-state index contributed by atoms with van der Waals surface area (Å²) in [5.41, 5.74) is 7.51. The van der Waals surface area contributed by atoms with E-state index in [4.69, 9.17) is 10.1 Å². The number of benzene rings is 5. The number of aromatic nitrogens is 2. The predicted molar refractivity (Wildman–Crippen MR) is 177 cm³/mol. The maximum atomic E-state index is 13.7. The summed E-state index contributed by atoms with van der Waals surface area (Å²) in [5.74, 6) is -0.0964. The Hall–Kier alpha value is -5.46. The van der Waals surface area contributed by atoms with E-state index >= 15 is 0 Å². The summed E-state index contributed by atoms with van der Waals surface area (Å²) in [7, 11) is 0. The number of carbonyl (C=O) groups is 1. The van der Waals surface area contributed by atoms with Crippen LogP contribution >= 0.6 is 11.8 Å². The Balaban J connectivity index is 1.23. The van der Waals surface area contributed by atoms with Crippen LogP contribution < -0.4 is 4.90 Å². The quantitative estimate of drug-likeness (QED) is 0.187. The van der Waals surface area contributed by atoms with Gasteiger partial charge >= 0.3 is 0 Å². The average molecular weight is 575 g/mol. The zero-order valence-electron chi connectivity index (χ0n) is 23.1. The van der Waals surface area contributed by atoms with E-state index in [0.717, 1.165) is 45.1 Å². The molecular weight excluding hydrogens is 549 g/mol. The molecule has 0 atom stereocenters. The second-order valence-corrected chi connectivity index (χ2v) is 11.0. The van der Waals surface area contributed by atoms with Crippen LogP contribution in [0.3, 0.4) is 0 Å². The highest BCUT2D eigenvalue weighted by Crippen LogP contribution is 2.37. The molecule has 0 bridgehead atoms. The lowest BCUT2D eigenvalue weighted by molar-refractivity contribution is -0.113. The Bertz CT molecular complexity index is 1930. The summed E-state index contributed by atoms with van der Waals surface area (Å²) in [6.45, 7) is 0. The van der Waals surface area contributed by atoms with Crippen molar-refractivity contribution in [3.8, 4) is 28.2 Å². The van der Waals surface area contributed by atoms with Gasteiger partial charge in [0.15, 0.2) is 5.17 Å². The van der Waals surface area contributed by atoms with Gasteiger partial charge in [-0.3, -0.25) is 9.69 Å². The number of amidine groups is 1. The van der Waals surface area contributed by atoms with Crippen LogP contribution in [0.4, 0.5) is 11.4 Å². The van der Waals surface area contributed by atoms with Crippen molar-refractivity contribution in [3.63, 3.8) is 0 Å². The SMILES string of the molecule is O=C1C(=Cc2ccc(-n3nc(-c4ccccc4)cc3-c3ccccc3)cc2)SC(=Nc2ccccc2)N1c1ccccc1. The maximum Gasteiger partial charge on any atom is 0.271 e. The normalized spacial score (nSPS) is 15.0. The van der Waals surface area contributed by atoms with Gasteiger partial charge in [-0.1, -0.05) is 109 Å². The standard InChI is InChI=1S/C37H26N4OS/c42-36-35(43-37(38-30-17-9-3-10-18-30)40(36)31-19-11-4-12-20-31)25-27-21-23-32(24-22-27)41-34(29-15-7-2-8-16-29)26-33(39-41)28-13-5-1-6-14-28/h1-26H. The van der Waals surface area contributed by atoms with Gasteiger partial charge in [0, 0.05) is 11.1 Å². The molecule has 1 fully saturated rings. The van der Waals surface area contributed by atoms with Crippen LogP contribution in [0.2, 0.25) is 0 Å². The molecule has 206 valence electrons. The van der Waals surface area contributed by atoms with E-state index in [-0.39, 0.29) is 5.91 Å². The van der Waals surface area contributed by atoms with Crippen molar-refractivity contribution in [3.05, 3.63) is 162 Å². The summed E-state index contributed by atoms with van der Waals surface area (Å²) in [5, 5.41) is 5.61. The molecule has 6 aromatic rings. The molecule has 7 rings (SSSR count). The van der Waals surface area contributed by atoms with Gasteiger partial charge in [-0.15, -0.1) is 0 Å². The Morgan fingerprint density at radius 1 is 0.628 bits per heavy atom. The number of rotatable bonds is 6. The summed E-state index contributed by atoms with van der Waals surface area (Å²) >= 11 is 1.38. The minimum atomic E-state index is -0.0964. The van der Waals surface area contributed by atoms with Crippen LogP contribution in [0.5, 0.6) is 0 Å². The molecule has 0 saturated carbocycles. The molecule has 1 aliphatic rings. The molecule has 43 heavy (non-hydrogen) atoms. The van der Waals surface area contributed by atoms with E-state index in [0.29, 0.717) is 10.1 Å². The Morgan fingerprint density at radius 2 is 1.21 bits per heavy atom. The van der Waals surface area contributed by atoms with E-state index in [1.807, 2.05) is 132 Å². The first-order valence-corrected chi connectivity index (χ1v) is 14.8. The maximum absolute atomic E-state index is 13.7. The highest BCUT2D eigenvalue weighted by molar-refractivity contribution is 8.19. The molecule has 0 spiro atoms. The van der Waals surface area contributed by atoms with Gasteiger partial charge in [0.05, 0.1) is 33.4 Å². The summed E-state index contributed by atoms with van der Waals surface area (Å²) < 4.78 is 1.98. The predicted octanol–water partition coefficient (Wildman–Crippen LogP) is 9.01. The Labute approximate surface area is 254 Å². The average Bonchev–Trinajstić information content (AvgIpc) is 3.64. The third kappa shape index (κ3) is 5.56. The van der Waals surface area contributed by atoms with Crippen LogP contribution in [0.25, 0.3) is 34.3 Å². The van der Waals surface area contributed by atoms with Crippen LogP contribution in [0, 0.1) is 0 Å². The first-order valence-electron chi connectivity index (χ1n) is 14.0. The lowest BCUT2D eigenvalue weighted by Crippen LogP contribution is -2.28. The number of thioether (sulfide) groups is 1. The number of nitrogens with zero attached hydrogens (tertiary/aromatic N) is 4. The number of anilines is 1. The monoisotopic (exact) mass is 574 g/mol. The number of hydrogen-bond acceptors (Lipinski definition) is 4. The van der Waals surface area contributed by atoms with Crippen LogP contribution in [-0.4, -0.2) is 20.9 Å². The van der Waals surface area contributed by atoms with Gasteiger partial charge in [-0.05, 0) is 65.9 Å². The highest BCUT2D eigenvalue weighted by atomic mass is 32.2. The van der Waals surface area contributed by atoms with E-state index < -0.39 is 0 Å². The molecule has 0 N–H and O–H groups in total. The molecule has 1 amide bonds. The van der Waals surface area contributed by atoms with E-state index in [1.165, 1.54) is 11.8 Å². The van der Waals surface area contributed by atoms with Crippen molar-refractivity contribution in [1.29, 1.82) is 0 Å².